The average Bonchev–Trinajstić information content (AvgIpc) is 2.96. The molecule has 3 aromatic carbocycles. The number of ether oxygens (including phenoxy) is 1. The molecule has 1 aliphatic rings. The first-order valence-electron chi connectivity index (χ1n) is 12.6. The Hall–Kier alpha value is -3.76. The molecule has 0 spiro atoms. The molecule has 1 aliphatic heterocycles. The molecule has 0 unspecified atom stereocenters. The minimum atomic E-state index is -5.27. The van der Waals surface area contributed by atoms with Crippen molar-refractivity contribution in [1.29, 1.82) is 0 Å². The summed E-state index contributed by atoms with van der Waals surface area (Å²) < 4.78 is 46.8. The third-order valence-corrected chi connectivity index (χ3v) is 7.46. The maximum atomic E-state index is 14.0. The average molecular weight is 576 g/mol. The fourth-order valence-electron chi connectivity index (χ4n) is 4.82. The van der Waals surface area contributed by atoms with E-state index < -0.39 is 23.2 Å². The second-order valence-corrected chi connectivity index (χ2v) is 9.93. The van der Waals surface area contributed by atoms with Gasteiger partial charge in [0.1, 0.15) is 5.75 Å². The second-order valence-electron chi connectivity index (χ2n) is 9.52. The van der Waals surface area contributed by atoms with Gasteiger partial charge in [-0.25, -0.2) is 0 Å². The molecule has 7 nitrogen and oxygen atoms in total. The lowest BCUT2D eigenvalue weighted by molar-refractivity contribution is -0.254. The molecule has 0 bridgehead atoms. The van der Waals surface area contributed by atoms with Crippen LogP contribution in [0.2, 0.25) is 5.02 Å². The number of amides is 2. The van der Waals surface area contributed by atoms with Crippen LogP contribution in [0.3, 0.4) is 0 Å². The van der Waals surface area contributed by atoms with Gasteiger partial charge in [0.05, 0.1) is 17.7 Å². The highest BCUT2D eigenvalue weighted by Crippen LogP contribution is 2.41. The van der Waals surface area contributed by atoms with Gasteiger partial charge in [-0.15, -0.1) is 0 Å². The molecule has 0 aliphatic carbocycles. The van der Waals surface area contributed by atoms with Crippen molar-refractivity contribution in [2.45, 2.75) is 30.5 Å². The van der Waals surface area contributed by atoms with Crippen molar-refractivity contribution >= 4 is 34.8 Å². The Morgan fingerprint density at radius 1 is 1.02 bits per heavy atom. The second kappa shape index (κ2) is 11.8. The van der Waals surface area contributed by atoms with Crippen molar-refractivity contribution < 1.29 is 32.6 Å². The summed E-state index contributed by atoms with van der Waals surface area (Å²) in [6, 6.07) is 16.6. The van der Waals surface area contributed by atoms with E-state index in [4.69, 9.17) is 16.3 Å². The summed E-state index contributed by atoms with van der Waals surface area (Å²) in [6.07, 6.45) is -3.63. The standard InChI is InChI=1S/C29H29ClF3N3O4/c1-34-26(37)24-11-10-22(17-25(24)30)36-14-12-19(13-15-36)18-6-8-21(9-7-18)35-27(38)28(39,29(31,32)33)20-4-3-5-23(16-20)40-2/h3-11,16-17,19,39H,12-15H2,1-2H3,(H,34,37)(H,35,38)/t28-/m1/s1. The minimum Gasteiger partial charge on any atom is -0.497 e. The molecular weight excluding hydrogens is 547 g/mol. The Kier molecular flexibility index (Phi) is 8.60. The molecule has 0 radical (unpaired) electrons. The maximum absolute atomic E-state index is 14.0. The highest BCUT2D eigenvalue weighted by Gasteiger charge is 2.61. The van der Waals surface area contributed by atoms with Gasteiger partial charge in [0, 0.05) is 37.1 Å². The predicted octanol–water partition coefficient (Wildman–Crippen LogP) is 5.48. The molecule has 1 heterocycles. The largest absolute Gasteiger partial charge is 0.497 e. The van der Waals surface area contributed by atoms with Crippen molar-refractivity contribution in [3.05, 3.63) is 88.4 Å². The van der Waals surface area contributed by atoms with Crippen molar-refractivity contribution in [2.24, 2.45) is 0 Å². The van der Waals surface area contributed by atoms with Crippen molar-refractivity contribution in [2.75, 3.05) is 37.5 Å². The summed E-state index contributed by atoms with van der Waals surface area (Å²) in [4.78, 5) is 26.8. The molecule has 1 saturated heterocycles. The molecule has 212 valence electrons. The van der Waals surface area contributed by atoms with Gasteiger partial charge in [0.2, 0.25) is 0 Å². The third kappa shape index (κ3) is 5.88. The van der Waals surface area contributed by atoms with Crippen LogP contribution >= 0.6 is 11.6 Å². The van der Waals surface area contributed by atoms with Crippen LogP contribution in [0.1, 0.15) is 40.2 Å². The number of carbonyl (C=O) groups is 2. The summed E-state index contributed by atoms with van der Waals surface area (Å²) in [5.41, 5.74) is -1.97. The van der Waals surface area contributed by atoms with Gasteiger partial charge in [-0.1, -0.05) is 35.9 Å². The molecule has 0 saturated carbocycles. The fraction of sp³-hybridized carbons (Fsp3) is 0.310. The minimum absolute atomic E-state index is 0.0763. The highest BCUT2D eigenvalue weighted by molar-refractivity contribution is 6.34. The SMILES string of the molecule is CNC(=O)c1ccc(N2CCC(c3ccc(NC(=O)[C@](O)(c4cccc(OC)c4)C(F)(F)F)cc3)CC2)cc1Cl. The van der Waals surface area contributed by atoms with Gasteiger partial charge < -0.3 is 25.4 Å². The molecular formula is C29H29ClF3N3O4. The number of nitrogens with zero attached hydrogens (tertiary/aromatic N) is 1. The van der Waals surface area contributed by atoms with E-state index in [-0.39, 0.29) is 23.3 Å². The summed E-state index contributed by atoms with van der Waals surface area (Å²) in [7, 11) is 2.82. The van der Waals surface area contributed by atoms with E-state index in [1.807, 2.05) is 6.07 Å². The lowest BCUT2D eigenvalue weighted by atomic mass is 9.89. The Morgan fingerprint density at radius 3 is 2.27 bits per heavy atom. The number of methoxy groups -OCH3 is 1. The molecule has 1 atom stereocenters. The van der Waals surface area contributed by atoms with E-state index in [9.17, 15) is 27.9 Å². The summed E-state index contributed by atoms with van der Waals surface area (Å²) in [5, 5.41) is 15.7. The number of nitrogens with one attached hydrogen (secondary N) is 2. The molecule has 11 heteroatoms. The smallest absolute Gasteiger partial charge is 0.430 e. The fourth-order valence-corrected chi connectivity index (χ4v) is 5.08. The quantitative estimate of drug-likeness (QED) is 0.347. The Labute approximate surface area is 234 Å². The summed E-state index contributed by atoms with van der Waals surface area (Å²) >= 11 is 6.30. The third-order valence-electron chi connectivity index (χ3n) is 7.15. The van der Waals surface area contributed by atoms with Gasteiger partial charge in [-0.2, -0.15) is 13.2 Å². The number of alkyl halides is 3. The number of piperidine rings is 1. The maximum Gasteiger partial charge on any atom is 0.430 e. The van der Waals surface area contributed by atoms with Gasteiger partial charge in [-0.3, -0.25) is 9.59 Å². The number of anilines is 2. The van der Waals surface area contributed by atoms with Crippen molar-refractivity contribution in [3.8, 4) is 5.75 Å². The van der Waals surface area contributed by atoms with Gasteiger partial charge in [0.15, 0.2) is 0 Å². The molecule has 3 N–H and O–H groups in total. The molecule has 3 aromatic rings. The number of hydrogen-bond donors (Lipinski definition) is 3. The van der Waals surface area contributed by atoms with Gasteiger partial charge in [-0.05, 0) is 66.8 Å². The van der Waals surface area contributed by atoms with Gasteiger partial charge in [0.25, 0.3) is 17.4 Å². The van der Waals surface area contributed by atoms with Crippen LogP contribution in [0.5, 0.6) is 5.75 Å². The number of rotatable bonds is 7. The van der Waals surface area contributed by atoms with Crippen molar-refractivity contribution in [1.82, 2.24) is 5.32 Å². The molecule has 1 fully saturated rings. The zero-order valence-electron chi connectivity index (χ0n) is 21.9. The van der Waals surface area contributed by atoms with E-state index in [0.29, 0.717) is 10.6 Å². The monoisotopic (exact) mass is 575 g/mol. The molecule has 0 aromatic heterocycles. The first-order valence-corrected chi connectivity index (χ1v) is 13.0. The van der Waals surface area contributed by atoms with Crippen LogP contribution in [0.4, 0.5) is 24.5 Å². The van der Waals surface area contributed by atoms with Crippen LogP contribution in [0, 0.1) is 0 Å². The zero-order chi connectivity index (χ0) is 29.1. The van der Waals surface area contributed by atoms with Gasteiger partial charge >= 0.3 is 6.18 Å². The molecule has 4 rings (SSSR count). The highest BCUT2D eigenvalue weighted by atomic mass is 35.5. The number of hydrogen-bond acceptors (Lipinski definition) is 5. The normalized spacial score (nSPS) is 15.7. The van der Waals surface area contributed by atoms with E-state index in [1.165, 1.54) is 31.4 Å². The van der Waals surface area contributed by atoms with Crippen LogP contribution in [-0.4, -0.2) is 50.3 Å². The van der Waals surface area contributed by atoms with E-state index >= 15 is 0 Å². The van der Waals surface area contributed by atoms with Crippen LogP contribution in [-0.2, 0) is 10.4 Å². The van der Waals surface area contributed by atoms with Crippen molar-refractivity contribution in [3.63, 3.8) is 0 Å². The lowest BCUT2D eigenvalue weighted by Gasteiger charge is -2.34. The van der Waals surface area contributed by atoms with E-state index in [0.717, 1.165) is 49.3 Å². The summed E-state index contributed by atoms with van der Waals surface area (Å²) in [5.74, 6) is -1.58. The zero-order valence-corrected chi connectivity index (χ0v) is 22.6. The topological polar surface area (TPSA) is 90.9 Å². The van der Waals surface area contributed by atoms with E-state index in [1.54, 1.807) is 31.3 Å². The lowest BCUT2D eigenvalue weighted by Crippen LogP contribution is -2.52. The predicted molar refractivity (Wildman–Crippen MR) is 147 cm³/mol. The molecule has 2 amide bonds. The molecule has 40 heavy (non-hydrogen) atoms. The van der Waals surface area contributed by atoms with Crippen LogP contribution in [0.25, 0.3) is 0 Å². The number of halogens is 4. The number of carbonyl (C=O) groups excluding carboxylic acids is 2. The Balaban J connectivity index is 1.42. The Bertz CT molecular complexity index is 1380. The van der Waals surface area contributed by atoms with E-state index in [2.05, 4.69) is 15.5 Å². The first-order chi connectivity index (χ1) is 19.0. The number of benzene rings is 3. The number of aliphatic hydroxyl groups is 1. The van der Waals surface area contributed by atoms with Crippen LogP contribution < -0.4 is 20.3 Å². The van der Waals surface area contributed by atoms with Crippen LogP contribution in [0.15, 0.2) is 66.7 Å². The Morgan fingerprint density at radius 2 is 1.70 bits per heavy atom. The first kappa shape index (κ1) is 29.2. The summed E-state index contributed by atoms with van der Waals surface area (Å²) in [6.45, 7) is 1.50.